The number of nitrogens with one attached hydrogen (secondary N) is 1. The summed E-state index contributed by atoms with van der Waals surface area (Å²) in [4.78, 5) is 14.2. The number of carbonyl (C=O) groups is 1. The zero-order valence-electron chi connectivity index (χ0n) is 14.5. The molecule has 5 heteroatoms. The van der Waals surface area contributed by atoms with Crippen LogP contribution in [0.25, 0.3) is 0 Å². The van der Waals surface area contributed by atoms with E-state index in [2.05, 4.69) is 11.4 Å². The summed E-state index contributed by atoms with van der Waals surface area (Å²) in [6.45, 7) is 0.457. The Morgan fingerprint density at radius 1 is 0.963 bits per heavy atom. The monoisotopic (exact) mass is 376 g/mol. The van der Waals surface area contributed by atoms with Crippen LogP contribution in [0.1, 0.15) is 21.5 Å². The first-order chi connectivity index (χ1) is 13.2. The van der Waals surface area contributed by atoms with Crippen LogP contribution in [0.4, 0.5) is 4.39 Å². The van der Waals surface area contributed by atoms with Crippen molar-refractivity contribution in [3.63, 3.8) is 0 Å². The zero-order chi connectivity index (χ0) is 19.1. The zero-order valence-corrected chi connectivity index (χ0v) is 15.3. The van der Waals surface area contributed by atoms with Gasteiger partial charge in [-0.05, 0) is 48.4 Å². The molecule has 3 aromatic rings. The van der Waals surface area contributed by atoms with Crippen molar-refractivity contribution >= 4 is 17.7 Å². The Morgan fingerprint density at radius 2 is 1.63 bits per heavy atom. The first kappa shape index (κ1) is 18.7. The van der Waals surface area contributed by atoms with Crippen molar-refractivity contribution in [3.8, 4) is 6.07 Å². The second-order valence-corrected chi connectivity index (χ2v) is 6.92. The molecule has 0 aliphatic rings. The third kappa shape index (κ3) is 4.96. The van der Waals surface area contributed by atoms with Gasteiger partial charge < -0.3 is 5.32 Å². The number of nitrogens with zero attached hydrogens (tertiary/aromatic N) is 1. The summed E-state index contributed by atoms with van der Waals surface area (Å²) in [7, 11) is 0. The molecule has 0 heterocycles. The standard InChI is InChI=1S/C22H17FN2OS/c23-18-11-9-16(10-12-18)13-14-25-22(26)19-6-2-4-8-21(19)27-20-7-3-1-5-17(20)15-24/h1-12H,13-14H2,(H,25,26). The molecule has 0 aliphatic heterocycles. The molecule has 3 nitrogen and oxygen atoms in total. The van der Waals surface area contributed by atoms with Crippen molar-refractivity contribution in [2.75, 3.05) is 6.54 Å². The quantitative estimate of drug-likeness (QED) is 0.671. The molecular weight excluding hydrogens is 359 g/mol. The van der Waals surface area contributed by atoms with E-state index in [1.165, 1.54) is 23.9 Å². The number of amides is 1. The molecule has 3 rings (SSSR count). The maximum atomic E-state index is 12.9. The maximum Gasteiger partial charge on any atom is 0.252 e. The van der Waals surface area contributed by atoms with Crippen LogP contribution in [0, 0.1) is 17.1 Å². The number of rotatable bonds is 6. The smallest absolute Gasteiger partial charge is 0.252 e. The third-order valence-corrected chi connectivity index (χ3v) is 5.12. The van der Waals surface area contributed by atoms with Crippen molar-refractivity contribution in [2.45, 2.75) is 16.2 Å². The third-order valence-electron chi connectivity index (χ3n) is 3.97. The second kappa shape index (κ2) is 9.02. The Kier molecular flexibility index (Phi) is 6.24. The lowest BCUT2D eigenvalue weighted by atomic mass is 10.1. The second-order valence-electron chi connectivity index (χ2n) is 5.84. The molecule has 3 aromatic carbocycles. The van der Waals surface area contributed by atoms with Gasteiger partial charge in [-0.3, -0.25) is 4.79 Å². The van der Waals surface area contributed by atoms with E-state index < -0.39 is 0 Å². The van der Waals surface area contributed by atoms with Crippen LogP contribution in [0.5, 0.6) is 0 Å². The molecule has 0 spiro atoms. The van der Waals surface area contributed by atoms with E-state index in [0.29, 0.717) is 24.1 Å². The van der Waals surface area contributed by atoms with Gasteiger partial charge in [-0.2, -0.15) is 5.26 Å². The molecule has 0 saturated carbocycles. The lowest BCUT2D eigenvalue weighted by Gasteiger charge is -2.11. The predicted molar refractivity (Wildman–Crippen MR) is 104 cm³/mol. The fourth-order valence-corrected chi connectivity index (χ4v) is 3.60. The Hall–Kier alpha value is -3.10. The normalized spacial score (nSPS) is 10.2. The predicted octanol–water partition coefficient (Wildman–Crippen LogP) is 4.82. The molecule has 0 aromatic heterocycles. The number of nitriles is 1. The van der Waals surface area contributed by atoms with Gasteiger partial charge in [0.05, 0.1) is 11.1 Å². The summed E-state index contributed by atoms with van der Waals surface area (Å²) in [6, 6.07) is 23.1. The van der Waals surface area contributed by atoms with E-state index in [4.69, 9.17) is 0 Å². The van der Waals surface area contributed by atoms with Crippen molar-refractivity contribution in [1.29, 1.82) is 5.26 Å². The van der Waals surface area contributed by atoms with Gasteiger partial charge in [0.15, 0.2) is 0 Å². The molecular formula is C22H17FN2OS. The van der Waals surface area contributed by atoms with E-state index >= 15 is 0 Å². The fourth-order valence-electron chi connectivity index (χ4n) is 2.58. The van der Waals surface area contributed by atoms with E-state index in [9.17, 15) is 14.4 Å². The lowest BCUT2D eigenvalue weighted by molar-refractivity contribution is 0.0951. The number of carbonyl (C=O) groups excluding carboxylic acids is 1. The van der Waals surface area contributed by atoms with Gasteiger partial charge >= 0.3 is 0 Å². The van der Waals surface area contributed by atoms with E-state index in [1.54, 1.807) is 24.3 Å². The molecule has 1 amide bonds. The number of benzene rings is 3. The minimum absolute atomic E-state index is 0.172. The Labute approximate surface area is 161 Å². The van der Waals surface area contributed by atoms with Gasteiger partial charge in [0, 0.05) is 16.3 Å². The molecule has 0 bridgehead atoms. The van der Waals surface area contributed by atoms with E-state index in [0.717, 1.165) is 15.4 Å². The van der Waals surface area contributed by atoms with Crippen LogP contribution in [0.15, 0.2) is 82.6 Å². The van der Waals surface area contributed by atoms with Crippen molar-refractivity contribution in [1.82, 2.24) is 5.32 Å². The maximum absolute atomic E-state index is 12.9. The van der Waals surface area contributed by atoms with Crippen molar-refractivity contribution in [3.05, 3.63) is 95.3 Å². The van der Waals surface area contributed by atoms with Gasteiger partial charge in [-0.15, -0.1) is 0 Å². The van der Waals surface area contributed by atoms with Crippen molar-refractivity contribution < 1.29 is 9.18 Å². The molecule has 0 saturated heterocycles. The largest absolute Gasteiger partial charge is 0.352 e. The first-order valence-electron chi connectivity index (χ1n) is 8.46. The summed E-state index contributed by atoms with van der Waals surface area (Å²) in [5.74, 6) is -0.443. The Balaban J connectivity index is 1.68. The molecule has 27 heavy (non-hydrogen) atoms. The molecule has 1 N–H and O–H groups in total. The molecule has 0 unspecified atom stereocenters. The van der Waals surface area contributed by atoms with Gasteiger partial charge in [0.1, 0.15) is 11.9 Å². The first-order valence-corrected chi connectivity index (χ1v) is 9.27. The Morgan fingerprint density at radius 3 is 2.37 bits per heavy atom. The number of halogens is 1. The lowest BCUT2D eigenvalue weighted by Crippen LogP contribution is -2.26. The summed E-state index contributed by atoms with van der Waals surface area (Å²) in [5.41, 5.74) is 2.10. The molecule has 134 valence electrons. The minimum atomic E-state index is -0.272. The highest BCUT2D eigenvalue weighted by Crippen LogP contribution is 2.32. The van der Waals surface area contributed by atoms with Gasteiger partial charge in [0.2, 0.25) is 0 Å². The molecule has 0 atom stereocenters. The summed E-state index contributed by atoms with van der Waals surface area (Å²) >= 11 is 1.40. The van der Waals surface area contributed by atoms with Crippen LogP contribution in [0.3, 0.4) is 0 Å². The van der Waals surface area contributed by atoms with Crippen LogP contribution in [-0.2, 0) is 6.42 Å². The van der Waals surface area contributed by atoms with Crippen LogP contribution >= 0.6 is 11.8 Å². The number of hydrogen-bond acceptors (Lipinski definition) is 3. The summed E-state index contributed by atoms with van der Waals surface area (Å²) in [5, 5.41) is 12.2. The van der Waals surface area contributed by atoms with Gasteiger partial charge in [-0.25, -0.2) is 4.39 Å². The molecule has 0 fully saturated rings. The van der Waals surface area contributed by atoms with Crippen molar-refractivity contribution in [2.24, 2.45) is 0 Å². The average molecular weight is 376 g/mol. The van der Waals surface area contributed by atoms with Gasteiger partial charge in [-0.1, -0.05) is 48.2 Å². The topological polar surface area (TPSA) is 52.9 Å². The Bertz CT molecular complexity index is 980. The van der Waals surface area contributed by atoms with Crippen LogP contribution in [-0.4, -0.2) is 12.5 Å². The fraction of sp³-hybridized carbons (Fsp3) is 0.0909. The van der Waals surface area contributed by atoms with Gasteiger partial charge in [0.25, 0.3) is 5.91 Å². The minimum Gasteiger partial charge on any atom is -0.352 e. The van der Waals surface area contributed by atoms with Crippen LogP contribution in [0.2, 0.25) is 0 Å². The van der Waals surface area contributed by atoms with E-state index in [-0.39, 0.29) is 11.7 Å². The summed E-state index contributed by atoms with van der Waals surface area (Å²) in [6.07, 6.45) is 0.624. The average Bonchev–Trinajstić information content (AvgIpc) is 2.70. The van der Waals surface area contributed by atoms with E-state index in [1.807, 2.05) is 36.4 Å². The molecule has 0 radical (unpaired) electrons. The number of hydrogen-bond donors (Lipinski definition) is 1. The SMILES string of the molecule is N#Cc1ccccc1Sc1ccccc1C(=O)NCCc1ccc(F)cc1. The highest BCUT2D eigenvalue weighted by molar-refractivity contribution is 7.99. The highest BCUT2D eigenvalue weighted by Gasteiger charge is 2.13. The highest BCUT2D eigenvalue weighted by atomic mass is 32.2. The summed E-state index contributed by atoms with van der Waals surface area (Å²) < 4.78 is 12.9. The molecule has 0 aliphatic carbocycles. The van der Waals surface area contributed by atoms with Crippen LogP contribution < -0.4 is 5.32 Å².